The van der Waals surface area contributed by atoms with Gasteiger partial charge >= 0.3 is 0 Å². The Hall–Kier alpha value is -1.63. The van der Waals surface area contributed by atoms with Crippen LogP contribution in [-0.2, 0) is 28.6 Å². The van der Waals surface area contributed by atoms with Gasteiger partial charge in [0.15, 0.2) is 6.29 Å². The second kappa shape index (κ2) is 17.2. The fraction of sp³-hybridized carbons (Fsp3) is 0.906. The van der Waals surface area contributed by atoms with Gasteiger partial charge in [0.25, 0.3) is 0 Å². The van der Waals surface area contributed by atoms with Crippen molar-refractivity contribution >= 4 is 17.6 Å². The molecule has 10 atom stereocenters. The van der Waals surface area contributed by atoms with Crippen molar-refractivity contribution in [3.05, 3.63) is 0 Å². The highest BCUT2D eigenvalue weighted by atomic mass is 16.7. The summed E-state index contributed by atoms with van der Waals surface area (Å²) in [6, 6.07) is -0.0296. The third-order valence-electron chi connectivity index (χ3n) is 9.05. The van der Waals surface area contributed by atoms with Crippen LogP contribution in [-0.4, -0.2) is 121 Å². The number of rotatable bonds is 10. The molecule has 0 unspecified atom stereocenters. The highest BCUT2D eigenvalue weighted by molar-refractivity contribution is 5.80. The van der Waals surface area contributed by atoms with E-state index < -0.39 is 42.0 Å². The Labute approximate surface area is 259 Å². The number of hydrogen-bond acceptors (Lipinski definition) is 9. The van der Waals surface area contributed by atoms with Gasteiger partial charge in [0, 0.05) is 58.0 Å². The van der Waals surface area contributed by atoms with E-state index in [1.807, 2.05) is 34.9 Å². The van der Waals surface area contributed by atoms with Crippen molar-refractivity contribution in [2.24, 2.45) is 17.8 Å². The number of ether oxygens (including phenoxy) is 3. The van der Waals surface area contributed by atoms with Gasteiger partial charge in [-0.25, -0.2) is 0 Å². The van der Waals surface area contributed by atoms with Crippen LogP contribution in [0.2, 0.25) is 0 Å². The maximum atomic E-state index is 12.9. The Bertz CT molecular complexity index is 900. The number of nitrogens with zero attached hydrogens (tertiary/aromatic N) is 2. The van der Waals surface area contributed by atoms with Crippen LogP contribution in [0.15, 0.2) is 0 Å². The molecule has 0 aromatic heterocycles. The van der Waals surface area contributed by atoms with Crippen molar-refractivity contribution < 1.29 is 38.8 Å². The van der Waals surface area contributed by atoms with E-state index in [1.165, 1.54) is 0 Å². The summed E-state index contributed by atoms with van der Waals surface area (Å²) in [5, 5.41) is 26.2. The van der Waals surface area contributed by atoms with Gasteiger partial charge in [0.1, 0.15) is 11.9 Å². The molecule has 43 heavy (non-hydrogen) atoms. The van der Waals surface area contributed by atoms with E-state index in [0.717, 1.165) is 19.3 Å². The van der Waals surface area contributed by atoms with Crippen molar-refractivity contribution in [2.75, 3.05) is 40.8 Å². The van der Waals surface area contributed by atoms with E-state index >= 15 is 0 Å². The number of aliphatic hydroxyl groups is 2. The van der Waals surface area contributed by atoms with E-state index in [9.17, 15) is 24.6 Å². The monoisotopic (exact) mass is 613 g/mol. The van der Waals surface area contributed by atoms with Gasteiger partial charge in [-0.2, -0.15) is 0 Å². The fourth-order valence-corrected chi connectivity index (χ4v) is 6.51. The van der Waals surface area contributed by atoms with E-state index in [0.29, 0.717) is 32.4 Å². The number of Topliss-reactive ketones (excluding diaryl/α,β-unsaturated/α-hetero) is 1. The summed E-state index contributed by atoms with van der Waals surface area (Å²) >= 11 is 0. The number of ketones is 1. The molecule has 11 heteroatoms. The van der Waals surface area contributed by atoms with Gasteiger partial charge in [-0.05, 0) is 59.5 Å². The number of aliphatic hydroxyl groups excluding tert-OH is 1. The van der Waals surface area contributed by atoms with Crippen LogP contribution >= 0.6 is 0 Å². The molecule has 2 amide bonds. The largest absolute Gasteiger partial charge is 0.392 e. The molecular formula is C32H59N3O8. The average molecular weight is 614 g/mol. The lowest BCUT2D eigenvalue weighted by molar-refractivity contribution is -0.306. The van der Waals surface area contributed by atoms with E-state index in [2.05, 4.69) is 10.2 Å². The Morgan fingerprint density at radius 2 is 1.86 bits per heavy atom. The Balaban J connectivity index is 2.38. The first kappa shape index (κ1) is 37.6. The summed E-state index contributed by atoms with van der Waals surface area (Å²) in [5.41, 5.74) is -1.44. The smallest absolute Gasteiger partial charge is 0.225 e. The van der Waals surface area contributed by atoms with E-state index in [-0.39, 0.29) is 48.6 Å². The molecule has 0 aliphatic carbocycles. The standard InChI is InChI=1S/C32H59N3O8/c1-10-24(36)13-11-12-16-41-28-25(34(7)8)17-21(3)42-31(28)43-29-22(4)27(38)23(5)30(39)33-15-14-26(37)35(9)19-20(2)18-32(29,6)40/h20-23,25,27-29,31,38,40H,10-19H2,1-9H3,(H,33,39)/t20-,21-,22+,23-,25+,27+,28-,29-,31+,32-/m1/s1. The third kappa shape index (κ3) is 11.0. The van der Waals surface area contributed by atoms with Crippen LogP contribution in [0.5, 0.6) is 0 Å². The molecular weight excluding hydrogens is 554 g/mol. The summed E-state index contributed by atoms with van der Waals surface area (Å²) in [5.74, 6) is -1.76. The number of hydrogen-bond donors (Lipinski definition) is 3. The van der Waals surface area contributed by atoms with Crippen LogP contribution in [0.4, 0.5) is 0 Å². The quantitative estimate of drug-likeness (QED) is 0.317. The van der Waals surface area contributed by atoms with Crippen LogP contribution < -0.4 is 5.32 Å². The number of likely N-dealkylation sites (N-methyl/N-ethyl adjacent to an activating group) is 1. The number of nitrogens with one attached hydrogen (secondary N) is 1. The van der Waals surface area contributed by atoms with Gasteiger partial charge in [-0.3, -0.25) is 14.4 Å². The van der Waals surface area contributed by atoms with Gasteiger partial charge < -0.3 is 39.5 Å². The maximum Gasteiger partial charge on any atom is 0.225 e. The molecule has 0 aromatic rings. The first-order valence-corrected chi connectivity index (χ1v) is 16.1. The molecule has 0 spiro atoms. The molecule has 2 saturated heterocycles. The number of unbranched alkanes of at least 4 members (excludes halogenated alkanes) is 1. The molecule has 2 fully saturated rings. The van der Waals surface area contributed by atoms with E-state index in [1.54, 1.807) is 32.7 Å². The first-order valence-electron chi connectivity index (χ1n) is 16.1. The molecule has 2 heterocycles. The topological polar surface area (TPSA) is 138 Å². The molecule has 3 N–H and O–H groups in total. The minimum atomic E-state index is -1.44. The highest BCUT2D eigenvalue weighted by Gasteiger charge is 2.48. The number of carbonyl (C=O) groups excluding carboxylic acids is 3. The normalized spacial score (nSPS) is 37.2. The number of carbonyl (C=O) groups is 3. The summed E-state index contributed by atoms with van der Waals surface area (Å²) in [4.78, 5) is 41.0. The zero-order valence-electron chi connectivity index (χ0n) is 28.0. The Kier molecular flexibility index (Phi) is 15.0. The minimum Gasteiger partial charge on any atom is -0.392 e. The third-order valence-corrected chi connectivity index (χ3v) is 9.05. The van der Waals surface area contributed by atoms with Gasteiger partial charge in [0.2, 0.25) is 11.8 Å². The Morgan fingerprint density at radius 1 is 1.19 bits per heavy atom. The summed E-state index contributed by atoms with van der Waals surface area (Å²) in [7, 11) is 5.70. The highest BCUT2D eigenvalue weighted by Crippen LogP contribution is 2.36. The zero-order chi connectivity index (χ0) is 32.5. The van der Waals surface area contributed by atoms with Crippen LogP contribution in [0.3, 0.4) is 0 Å². The SMILES string of the molecule is CCC(=O)CCCCO[C@H]1[C@H](O[C@@H]2[C@@H](C)[C@H](O)[C@@H](C)C(=O)NCCC(=O)N(C)C[C@H](C)C[C@@]2(C)O)O[C@H](C)C[C@@H]1N(C)C. The van der Waals surface area contributed by atoms with Crippen molar-refractivity contribution in [1.82, 2.24) is 15.1 Å². The molecule has 11 nitrogen and oxygen atoms in total. The van der Waals surface area contributed by atoms with E-state index in [4.69, 9.17) is 14.2 Å². The molecule has 2 rings (SSSR count). The maximum absolute atomic E-state index is 12.9. The molecule has 2 aliphatic rings. The lowest BCUT2D eigenvalue weighted by Gasteiger charge is -2.48. The lowest BCUT2D eigenvalue weighted by atomic mass is 9.77. The van der Waals surface area contributed by atoms with Gasteiger partial charge in [-0.1, -0.05) is 27.7 Å². The molecule has 250 valence electrons. The number of amides is 2. The molecule has 0 aromatic carbocycles. The second-order valence-electron chi connectivity index (χ2n) is 13.4. The second-order valence-corrected chi connectivity index (χ2v) is 13.4. The average Bonchev–Trinajstić information content (AvgIpc) is 2.93. The zero-order valence-corrected chi connectivity index (χ0v) is 28.0. The predicted octanol–water partition coefficient (Wildman–Crippen LogP) is 2.36. The van der Waals surface area contributed by atoms with Gasteiger partial charge in [-0.15, -0.1) is 0 Å². The first-order chi connectivity index (χ1) is 20.1. The molecule has 0 saturated carbocycles. The molecule has 0 bridgehead atoms. The van der Waals surface area contributed by atoms with Crippen molar-refractivity contribution in [1.29, 1.82) is 0 Å². The summed E-state index contributed by atoms with van der Waals surface area (Å²) in [6.07, 6.45) is 0.173. The van der Waals surface area contributed by atoms with Crippen LogP contribution in [0.25, 0.3) is 0 Å². The van der Waals surface area contributed by atoms with Crippen molar-refractivity contribution in [2.45, 2.75) is 129 Å². The lowest BCUT2D eigenvalue weighted by Crippen LogP contribution is -2.60. The van der Waals surface area contributed by atoms with Crippen LogP contribution in [0, 0.1) is 17.8 Å². The molecule has 2 aliphatic heterocycles. The Morgan fingerprint density at radius 3 is 2.49 bits per heavy atom. The van der Waals surface area contributed by atoms with Gasteiger partial charge in [0.05, 0.1) is 29.8 Å². The summed E-state index contributed by atoms with van der Waals surface area (Å²) < 4.78 is 19.4. The fourth-order valence-electron chi connectivity index (χ4n) is 6.51. The molecule has 0 radical (unpaired) electrons. The predicted molar refractivity (Wildman–Crippen MR) is 164 cm³/mol. The minimum absolute atomic E-state index is 0.0296. The van der Waals surface area contributed by atoms with Crippen LogP contribution in [0.1, 0.15) is 86.5 Å². The van der Waals surface area contributed by atoms with Crippen molar-refractivity contribution in [3.8, 4) is 0 Å². The van der Waals surface area contributed by atoms with Crippen molar-refractivity contribution in [3.63, 3.8) is 0 Å². The summed E-state index contributed by atoms with van der Waals surface area (Å²) in [6.45, 7) is 12.0.